The zero-order valence-electron chi connectivity index (χ0n) is 19.3. The van der Waals surface area contributed by atoms with Crippen LogP contribution in [0.2, 0.25) is 36.3 Å². The molecule has 0 radical (unpaired) electrons. The molecule has 27 heavy (non-hydrogen) atoms. The lowest BCUT2D eigenvalue weighted by molar-refractivity contribution is -0.137. The summed E-state index contributed by atoms with van der Waals surface area (Å²) in [6.45, 7) is 22.8. The monoisotopic (exact) mass is 410 g/mol. The van der Waals surface area contributed by atoms with E-state index in [1.165, 1.54) is 6.08 Å². The molecule has 1 atom stereocenters. The van der Waals surface area contributed by atoms with Crippen LogP contribution in [0.15, 0.2) is 12.2 Å². The van der Waals surface area contributed by atoms with Gasteiger partial charge in [0.25, 0.3) is 0 Å². The van der Waals surface area contributed by atoms with Crippen molar-refractivity contribution in [2.75, 3.05) is 6.61 Å². The van der Waals surface area contributed by atoms with Gasteiger partial charge in [-0.2, -0.15) is 0 Å². The molecular weight excluding hydrogens is 368 g/mol. The van der Waals surface area contributed by atoms with Crippen molar-refractivity contribution in [1.29, 1.82) is 0 Å². The molecule has 0 fully saturated rings. The van der Waals surface area contributed by atoms with Gasteiger partial charge in [0, 0.05) is 12.5 Å². The van der Waals surface area contributed by atoms with Crippen molar-refractivity contribution in [3.8, 4) is 11.5 Å². The van der Waals surface area contributed by atoms with E-state index in [9.17, 15) is 4.79 Å². The zero-order chi connectivity index (χ0) is 21.3. The largest absolute Gasteiger partial charge is 0.463 e. The Morgan fingerprint density at radius 2 is 1.52 bits per heavy atom. The molecule has 0 saturated carbocycles. The van der Waals surface area contributed by atoms with Crippen molar-refractivity contribution < 1.29 is 14.0 Å². The summed E-state index contributed by atoms with van der Waals surface area (Å²) in [5.74, 6) is 3.10. The Labute approximate surface area is 170 Å². The molecule has 0 bridgehead atoms. The Kier molecular flexibility index (Phi) is 11.5. The molecule has 3 nitrogen and oxygen atoms in total. The number of carbonyl (C=O) groups is 1. The van der Waals surface area contributed by atoms with Crippen LogP contribution in [0.3, 0.4) is 0 Å². The molecule has 0 amide bonds. The van der Waals surface area contributed by atoms with Crippen LogP contribution >= 0.6 is 0 Å². The minimum atomic E-state index is -1.99. The summed E-state index contributed by atoms with van der Waals surface area (Å²) < 4.78 is 11.9. The molecule has 0 aromatic carbocycles. The van der Waals surface area contributed by atoms with Gasteiger partial charge in [-0.1, -0.05) is 67.3 Å². The number of rotatable bonds is 10. The number of carbonyl (C=O) groups excluding carboxylic acids is 1. The van der Waals surface area contributed by atoms with E-state index in [1.54, 1.807) is 0 Å². The van der Waals surface area contributed by atoms with Crippen molar-refractivity contribution in [2.45, 2.75) is 104 Å². The van der Waals surface area contributed by atoms with E-state index in [2.05, 4.69) is 72.6 Å². The standard InChI is InChI=1S/C22H42O3Si2/c1-11-24-22(23)16-12-14-21(15-13-17-26(8,9)10)25-27(18(2)3,19(4)5)20(6)7/h12,16,18-21H,11,14-15H2,1-10H3/b16-12+/t21-/m1/s1. The number of hydrogen-bond donors (Lipinski definition) is 0. The van der Waals surface area contributed by atoms with E-state index in [-0.39, 0.29) is 12.1 Å². The highest BCUT2D eigenvalue weighted by atomic mass is 28.4. The van der Waals surface area contributed by atoms with Crippen LogP contribution in [0.1, 0.15) is 61.3 Å². The molecule has 0 rings (SSSR count). The lowest BCUT2D eigenvalue weighted by Crippen LogP contribution is -2.50. The lowest BCUT2D eigenvalue weighted by Gasteiger charge is -2.44. The van der Waals surface area contributed by atoms with E-state index in [0.717, 1.165) is 6.42 Å². The first-order valence-electron chi connectivity index (χ1n) is 10.4. The van der Waals surface area contributed by atoms with Crippen molar-refractivity contribution in [1.82, 2.24) is 0 Å². The quantitative estimate of drug-likeness (QED) is 0.183. The van der Waals surface area contributed by atoms with E-state index >= 15 is 0 Å². The van der Waals surface area contributed by atoms with Gasteiger partial charge in [-0.15, -0.1) is 11.5 Å². The van der Waals surface area contributed by atoms with Gasteiger partial charge in [-0.25, -0.2) is 4.79 Å². The molecule has 156 valence electrons. The second-order valence-corrected chi connectivity index (χ2v) is 19.4. The van der Waals surface area contributed by atoms with Crippen LogP contribution < -0.4 is 0 Å². The average molecular weight is 411 g/mol. The fourth-order valence-electron chi connectivity index (χ4n) is 3.81. The fourth-order valence-corrected chi connectivity index (χ4v) is 10.0. The van der Waals surface area contributed by atoms with E-state index in [4.69, 9.17) is 9.16 Å². The first-order valence-corrected chi connectivity index (χ1v) is 16.0. The maximum atomic E-state index is 11.6. The first-order chi connectivity index (χ1) is 12.4. The minimum absolute atomic E-state index is 0.0263. The Hall–Kier alpha value is -0.836. The van der Waals surface area contributed by atoms with E-state index in [0.29, 0.717) is 29.7 Å². The predicted molar refractivity (Wildman–Crippen MR) is 122 cm³/mol. The Bertz CT molecular complexity index is 512. The molecule has 0 aliphatic carbocycles. The molecule has 0 N–H and O–H groups in total. The van der Waals surface area contributed by atoms with Gasteiger partial charge in [0.2, 0.25) is 8.32 Å². The fraction of sp³-hybridized carbons (Fsp3) is 0.773. The van der Waals surface area contributed by atoms with Crippen LogP contribution in [0.25, 0.3) is 0 Å². The maximum absolute atomic E-state index is 11.6. The second-order valence-electron chi connectivity index (χ2n) is 9.20. The van der Waals surface area contributed by atoms with Crippen LogP contribution in [-0.2, 0) is 14.0 Å². The van der Waals surface area contributed by atoms with Crippen molar-refractivity contribution in [3.63, 3.8) is 0 Å². The molecule has 0 aliphatic rings. The summed E-state index contributed by atoms with van der Waals surface area (Å²) in [5.41, 5.74) is 5.03. The number of hydrogen-bond acceptors (Lipinski definition) is 3. The third kappa shape index (κ3) is 9.27. The molecule has 0 heterocycles. The molecule has 5 heteroatoms. The third-order valence-corrected chi connectivity index (χ3v) is 11.9. The molecular formula is C22H42O3Si2. The van der Waals surface area contributed by atoms with Crippen molar-refractivity contribution in [2.24, 2.45) is 0 Å². The van der Waals surface area contributed by atoms with Gasteiger partial charge >= 0.3 is 5.97 Å². The van der Waals surface area contributed by atoms with E-state index < -0.39 is 16.4 Å². The summed E-state index contributed by atoms with van der Waals surface area (Å²) in [4.78, 5) is 11.6. The second kappa shape index (κ2) is 11.9. The van der Waals surface area contributed by atoms with Crippen LogP contribution in [0.4, 0.5) is 0 Å². The summed E-state index contributed by atoms with van der Waals surface area (Å²) >= 11 is 0. The van der Waals surface area contributed by atoms with Gasteiger partial charge in [0.05, 0.1) is 12.7 Å². The highest BCUT2D eigenvalue weighted by Gasteiger charge is 2.46. The number of ether oxygens (including phenoxy) is 1. The van der Waals surface area contributed by atoms with E-state index in [1.807, 2.05) is 13.0 Å². The predicted octanol–water partition coefficient (Wildman–Crippen LogP) is 6.33. The minimum Gasteiger partial charge on any atom is -0.463 e. The Morgan fingerprint density at radius 1 is 1.00 bits per heavy atom. The smallest absolute Gasteiger partial charge is 0.330 e. The third-order valence-electron chi connectivity index (χ3n) is 4.81. The van der Waals surface area contributed by atoms with Gasteiger partial charge < -0.3 is 9.16 Å². The normalized spacial score (nSPS) is 14.0. The summed E-state index contributed by atoms with van der Waals surface area (Å²) in [6, 6.07) is 0. The molecule has 0 aromatic heterocycles. The average Bonchev–Trinajstić information content (AvgIpc) is 2.49. The van der Waals surface area contributed by atoms with Gasteiger partial charge in [0.1, 0.15) is 8.07 Å². The van der Waals surface area contributed by atoms with Crippen LogP contribution in [0, 0.1) is 11.5 Å². The van der Waals surface area contributed by atoms with Crippen molar-refractivity contribution in [3.05, 3.63) is 12.2 Å². The van der Waals surface area contributed by atoms with Crippen molar-refractivity contribution >= 4 is 22.4 Å². The molecule has 0 spiro atoms. The maximum Gasteiger partial charge on any atom is 0.330 e. The van der Waals surface area contributed by atoms with Gasteiger partial charge in [-0.05, 0) is 30.0 Å². The number of esters is 1. The first kappa shape index (κ1) is 26.2. The molecule has 0 aromatic rings. The highest BCUT2D eigenvalue weighted by molar-refractivity contribution is 6.83. The van der Waals surface area contributed by atoms with Gasteiger partial charge in [0.15, 0.2) is 0 Å². The molecule has 0 unspecified atom stereocenters. The molecule has 0 aliphatic heterocycles. The summed E-state index contributed by atoms with van der Waals surface area (Å²) in [7, 11) is -3.39. The SMILES string of the molecule is CCOC(=O)/C=C/C[C@H](CC#C[Si](C)(C)C)O[Si](C(C)C)(C(C)C)C(C)C. The molecule has 0 saturated heterocycles. The van der Waals surface area contributed by atoms with Crippen LogP contribution in [-0.4, -0.2) is 35.1 Å². The summed E-state index contributed by atoms with van der Waals surface area (Å²) in [5, 5.41) is 0. The topological polar surface area (TPSA) is 35.5 Å². The lowest BCUT2D eigenvalue weighted by atomic mass is 10.2. The summed E-state index contributed by atoms with van der Waals surface area (Å²) in [6.07, 6.45) is 4.85. The zero-order valence-corrected chi connectivity index (χ0v) is 21.3. The highest BCUT2D eigenvalue weighted by Crippen LogP contribution is 2.43. The van der Waals surface area contributed by atoms with Gasteiger partial charge in [-0.3, -0.25) is 0 Å². The Morgan fingerprint density at radius 3 is 1.93 bits per heavy atom. The Balaban J connectivity index is 5.53. The van der Waals surface area contributed by atoms with Crippen LogP contribution in [0.5, 0.6) is 0 Å².